The van der Waals surface area contributed by atoms with E-state index < -0.39 is 0 Å². The van der Waals surface area contributed by atoms with Gasteiger partial charge in [0.15, 0.2) is 0 Å². The van der Waals surface area contributed by atoms with Crippen molar-refractivity contribution in [1.29, 1.82) is 0 Å². The van der Waals surface area contributed by atoms with Crippen LogP contribution in [0.15, 0.2) is 36.4 Å². The summed E-state index contributed by atoms with van der Waals surface area (Å²) in [6, 6.07) is 11.9. The van der Waals surface area contributed by atoms with Gasteiger partial charge in [-0.15, -0.1) is 0 Å². The van der Waals surface area contributed by atoms with Gasteiger partial charge in [0, 0.05) is 25.3 Å². The predicted octanol–water partition coefficient (Wildman–Crippen LogP) is 3.03. The number of halogens is 1. The standard InChI is InChI=1S/C18H19FN2/c19-17-4-3-15-6-8-21(18(15)10-17)12-13-1-2-14-5-7-20-11-16(14)9-13/h1-4,9-10,20H,5-8,11-12H2. The Kier molecular flexibility index (Phi) is 3.15. The summed E-state index contributed by atoms with van der Waals surface area (Å²) in [5.41, 5.74) is 6.51. The largest absolute Gasteiger partial charge is 0.367 e. The van der Waals surface area contributed by atoms with Crippen LogP contribution in [-0.2, 0) is 25.9 Å². The molecule has 21 heavy (non-hydrogen) atoms. The highest BCUT2D eigenvalue weighted by atomic mass is 19.1. The predicted molar refractivity (Wildman–Crippen MR) is 83.0 cm³/mol. The van der Waals surface area contributed by atoms with Gasteiger partial charge in [0.2, 0.25) is 0 Å². The smallest absolute Gasteiger partial charge is 0.125 e. The summed E-state index contributed by atoms with van der Waals surface area (Å²) in [6.07, 6.45) is 2.13. The Labute approximate surface area is 124 Å². The zero-order valence-electron chi connectivity index (χ0n) is 12.0. The van der Waals surface area contributed by atoms with Gasteiger partial charge < -0.3 is 10.2 Å². The van der Waals surface area contributed by atoms with Gasteiger partial charge in [-0.3, -0.25) is 0 Å². The minimum absolute atomic E-state index is 0.143. The Bertz CT molecular complexity index is 681. The molecule has 0 unspecified atom stereocenters. The number of hydrogen-bond donors (Lipinski definition) is 1. The van der Waals surface area contributed by atoms with Crippen molar-refractivity contribution >= 4 is 5.69 Å². The number of benzene rings is 2. The van der Waals surface area contributed by atoms with E-state index in [1.54, 1.807) is 12.1 Å². The quantitative estimate of drug-likeness (QED) is 0.911. The van der Waals surface area contributed by atoms with Crippen LogP contribution < -0.4 is 10.2 Å². The molecule has 0 saturated heterocycles. The summed E-state index contributed by atoms with van der Waals surface area (Å²) >= 11 is 0. The second kappa shape index (κ2) is 5.15. The fourth-order valence-electron chi connectivity index (χ4n) is 3.44. The fourth-order valence-corrected chi connectivity index (χ4v) is 3.44. The van der Waals surface area contributed by atoms with Gasteiger partial charge in [-0.05, 0) is 53.8 Å². The van der Waals surface area contributed by atoms with E-state index in [1.165, 1.54) is 22.3 Å². The SMILES string of the molecule is Fc1ccc2c(c1)N(Cc1ccc3c(c1)CNCC3)CC2. The molecular weight excluding hydrogens is 263 g/mol. The van der Waals surface area contributed by atoms with Crippen LogP contribution in [0.3, 0.4) is 0 Å². The van der Waals surface area contributed by atoms with E-state index in [2.05, 4.69) is 28.4 Å². The van der Waals surface area contributed by atoms with Crippen LogP contribution in [0.2, 0.25) is 0 Å². The molecule has 0 atom stereocenters. The minimum atomic E-state index is -0.143. The molecule has 2 aromatic carbocycles. The molecule has 0 bridgehead atoms. The molecule has 2 aromatic rings. The maximum absolute atomic E-state index is 13.5. The van der Waals surface area contributed by atoms with Gasteiger partial charge in [0.25, 0.3) is 0 Å². The average molecular weight is 282 g/mol. The first kappa shape index (κ1) is 12.8. The molecule has 2 nitrogen and oxygen atoms in total. The van der Waals surface area contributed by atoms with Crippen molar-refractivity contribution in [3.63, 3.8) is 0 Å². The maximum Gasteiger partial charge on any atom is 0.125 e. The first-order chi connectivity index (χ1) is 10.3. The third kappa shape index (κ3) is 2.42. The Hall–Kier alpha value is -1.87. The van der Waals surface area contributed by atoms with E-state index >= 15 is 0 Å². The maximum atomic E-state index is 13.5. The van der Waals surface area contributed by atoms with Gasteiger partial charge in [-0.25, -0.2) is 4.39 Å². The number of nitrogens with one attached hydrogen (secondary N) is 1. The van der Waals surface area contributed by atoms with Gasteiger partial charge in [-0.2, -0.15) is 0 Å². The monoisotopic (exact) mass is 282 g/mol. The van der Waals surface area contributed by atoms with Crippen molar-refractivity contribution in [2.24, 2.45) is 0 Å². The second-order valence-corrected chi connectivity index (χ2v) is 5.97. The van der Waals surface area contributed by atoms with Crippen LogP contribution >= 0.6 is 0 Å². The van der Waals surface area contributed by atoms with E-state index in [9.17, 15) is 4.39 Å². The van der Waals surface area contributed by atoms with Crippen molar-refractivity contribution in [1.82, 2.24) is 5.32 Å². The molecule has 2 aliphatic heterocycles. The Balaban J connectivity index is 1.59. The third-order valence-corrected chi connectivity index (χ3v) is 4.57. The molecule has 0 saturated carbocycles. The Morgan fingerprint density at radius 3 is 2.86 bits per heavy atom. The number of rotatable bonds is 2. The zero-order valence-corrected chi connectivity index (χ0v) is 12.0. The summed E-state index contributed by atoms with van der Waals surface area (Å²) < 4.78 is 13.5. The highest BCUT2D eigenvalue weighted by Crippen LogP contribution is 2.30. The van der Waals surface area contributed by atoms with E-state index in [4.69, 9.17) is 0 Å². The van der Waals surface area contributed by atoms with Crippen molar-refractivity contribution in [2.75, 3.05) is 18.0 Å². The van der Waals surface area contributed by atoms with Crippen LogP contribution in [0, 0.1) is 5.82 Å². The number of nitrogens with zero attached hydrogens (tertiary/aromatic N) is 1. The summed E-state index contributed by atoms with van der Waals surface area (Å²) in [5, 5.41) is 3.42. The third-order valence-electron chi connectivity index (χ3n) is 4.57. The molecule has 0 spiro atoms. The van der Waals surface area contributed by atoms with E-state index in [1.807, 2.05) is 6.07 Å². The topological polar surface area (TPSA) is 15.3 Å². The van der Waals surface area contributed by atoms with Gasteiger partial charge in [-0.1, -0.05) is 24.3 Å². The lowest BCUT2D eigenvalue weighted by Gasteiger charge is -2.22. The number of fused-ring (bicyclic) bond motifs is 2. The molecule has 108 valence electrons. The van der Waals surface area contributed by atoms with E-state index in [0.717, 1.165) is 44.7 Å². The lowest BCUT2D eigenvalue weighted by atomic mass is 9.98. The van der Waals surface area contributed by atoms with Crippen LogP contribution in [-0.4, -0.2) is 13.1 Å². The van der Waals surface area contributed by atoms with Crippen LogP contribution in [0.1, 0.15) is 22.3 Å². The lowest BCUT2D eigenvalue weighted by Crippen LogP contribution is -2.24. The normalized spacial score (nSPS) is 16.7. The summed E-state index contributed by atoms with van der Waals surface area (Å²) in [7, 11) is 0. The molecule has 0 aliphatic carbocycles. The van der Waals surface area contributed by atoms with Crippen molar-refractivity contribution in [3.05, 3.63) is 64.5 Å². The Morgan fingerprint density at radius 1 is 1.00 bits per heavy atom. The van der Waals surface area contributed by atoms with Crippen LogP contribution in [0.25, 0.3) is 0 Å². The molecule has 4 rings (SSSR count). The van der Waals surface area contributed by atoms with E-state index in [0.29, 0.717) is 0 Å². The molecule has 0 fully saturated rings. The van der Waals surface area contributed by atoms with Gasteiger partial charge in [0.1, 0.15) is 5.82 Å². The van der Waals surface area contributed by atoms with Gasteiger partial charge >= 0.3 is 0 Å². The molecule has 2 aliphatic rings. The molecule has 0 radical (unpaired) electrons. The van der Waals surface area contributed by atoms with Crippen LogP contribution in [0.4, 0.5) is 10.1 Å². The summed E-state index contributed by atoms with van der Waals surface area (Å²) in [5.74, 6) is -0.143. The number of anilines is 1. The summed E-state index contributed by atoms with van der Waals surface area (Å²) in [6.45, 7) is 3.89. The summed E-state index contributed by atoms with van der Waals surface area (Å²) in [4.78, 5) is 2.29. The minimum Gasteiger partial charge on any atom is -0.367 e. The average Bonchev–Trinajstić information content (AvgIpc) is 2.89. The zero-order chi connectivity index (χ0) is 14.2. The molecule has 2 heterocycles. The van der Waals surface area contributed by atoms with Gasteiger partial charge in [0.05, 0.1) is 0 Å². The molecular formula is C18H19FN2. The van der Waals surface area contributed by atoms with E-state index in [-0.39, 0.29) is 5.82 Å². The lowest BCUT2D eigenvalue weighted by molar-refractivity contribution is 0.627. The molecule has 3 heteroatoms. The Morgan fingerprint density at radius 2 is 1.90 bits per heavy atom. The second-order valence-electron chi connectivity index (χ2n) is 5.97. The first-order valence-electron chi connectivity index (χ1n) is 7.64. The van der Waals surface area contributed by atoms with Crippen LogP contribution in [0.5, 0.6) is 0 Å². The molecule has 0 amide bonds. The molecule has 0 aromatic heterocycles. The van der Waals surface area contributed by atoms with Crippen molar-refractivity contribution in [2.45, 2.75) is 25.9 Å². The highest BCUT2D eigenvalue weighted by Gasteiger charge is 2.20. The highest BCUT2D eigenvalue weighted by molar-refractivity contribution is 5.58. The molecule has 1 N–H and O–H groups in total. The fraction of sp³-hybridized carbons (Fsp3) is 0.333. The first-order valence-corrected chi connectivity index (χ1v) is 7.64. The van der Waals surface area contributed by atoms with Crippen molar-refractivity contribution in [3.8, 4) is 0 Å². The van der Waals surface area contributed by atoms with Crippen molar-refractivity contribution < 1.29 is 4.39 Å². The number of hydrogen-bond acceptors (Lipinski definition) is 2.